The minimum Gasteiger partial charge on any atom is -0.497 e. The highest BCUT2D eigenvalue weighted by atomic mass is 35.5. The van der Waals surface area contributed by atoms with Crippen LogP contribution >= 0.6 is 23.4 Å². The molecule has 6 nitrogen and oxygen atoms in total. The normalized spacial score (nSPS) is 11.9. The summed E-state index contributed by atoms with van der Waals surface area (Å²) in [5.74, 6) is 1.58. The molecule has 0 saturated carbocycles. The Hall–Kier alpha value is -2.51. The van der Waals surface area contributed by atoms with Gasteiger partial charge in [-0.25, -0.2) is 0 Å². The molecule has 1 aromatic heterocycles. The molecule has 0 saturated heterocycles. The number of nitrogens with zero attached hydrogens (tertiary/aromatic N) is 3. The lowest BCUT2D eigenvalue weighted by atomic mass is 10.2. The molecule has 1 heterocycles. The second-order valence-electron chi connectivity index (χ2n) is 6.15. The topological polar surface area (TPSA) is 68.5 Å². The van der Waals surface area contributed by atoms with E-state index in [4.69, 9.17) is 20.9 Å². The van der Waals surface area contributed by atoms with E-state index in [1.807, 2.05) is 55.5 Å². The molecule has 1 atom stereocenters. The first kappa shape index (κ1) is 20.2. The molecular weight excluding hydrogens is 398 g/mol. The molecule has 3 rings (SSSR count). The van der Waals surface area contributed by atoms with Gasteiger partial charge in [-0.2, -0.15) is 4.98 Å². The van der Waals surface area contributed by atoms with Crippen LogP contribution in [0.4, 0.5) is 0 Å². The Morgan fingerprint density at radius 3 is 2.54 bits per heavy atom. The molecule has 8 heteroatoms. The van der Waals surface area contributed by atoms with E-state index in [0.29, 0.717) is 16.7 Å². The lowest BCUT2D eigenvalue weighted by Gasteiger charge is -2.19. The van der Waals surface area contributed by atoms with E-state index >= 15 is 0 Å². The number of carbonyl (C=O) groups is 1. The van der Waals surface area contributed by atoms with E-state index in [1.54, 1.807) is 19.1 Å². The van der Waals surface area contributed by atoms with Crippen LogP contribution in [0.1, 0.15) is 12.8 Å². The summed E-state index contributed by atoms with van der Waals surface area (Å²) in [6, 6.07) is 14.8. The predicted octanol–water partition coefficient (Wildman–Crippen LogP) is 4.54. The zero-order valence-electron chi connectivity index (χ0n) is 15.8. The third-order valence-corrected chi connectivity index (χ3v) is 5.39. The van der Waals surface area contributed by atoms with Crippen molar-refractivity contribution < 1.29 is 14.1 Å². The maximum absolute atomic E-state index is 12.6. The van der Waals surface area contributed by atoms with Gasteiger partial charge in [-0.1, -0.05) is 16.8 Å². The van der Waals surface area contributed by atoms with E-state index in [1.165, 1.54) is 11.8 Å². The molecule has 146 valence electrons. The molecule has 0 aliphatic rings. The maximum atomic E-state index is 12.6. The monoisotopic (exact) mass is 417 g/mol. The number of rotatable bonds is 7. The molecule has 0 radical (unpaired) electrons. The molecule has 0 fully saturated rings. The maximum Gasteiger partial charge on any atom is 0.246 e. The van der Waals surface area contributed by atoms with Gasteiger partial charge < -0.3 is 14.2 Å². The van der Waals surface area contributed by atoms with Crippen molar-refractivity contribution in [1.29, 1.82) is 0 Å². The minimum absolute atomic E-state index is 0.0239. The molecule has 0 N–H and O–H groups in total. The van der Waals surface area contributed by atoms with Crippen LogP contribution in [0.5, 0.6) is 5.75 Å². The molecule has 0 unspecified atom stereocenters. The van der Waals surface area contributed by atoms with Gasteiger partial charge >= 0.3 is 0 Å². The van der Waals surface area contributed by atoms with Gasteiger partial charge in [0.1, 0.15) is 5.75 Å². The first-order chi connectivity index (χ1) is 13.5. The number of carbonyl (C=O) groups excluding carboxylic acids is 1. The lowest BCUT2D eigenvalue weighted by Crippen LogP contribution is -2.32. The highest BCUT2D eigenvalue weighted by molar-refractivity contribution is 8.00. The van der Waals surface area contributed by atoms with Gasteiger partial charge in [0, 0.05) is 22.5 Å². The fraction of sp³-hybridized carbons (Fsp3) is 0.250. The van der Waals surface area contributed by atoms with Crippen LogP contribution in [0.3, 0.4) is 0 Å². The van der Waals surface area contributed by atoms with Gasteiger partial charge in [0.05, 0.1) is 18.9 Å². The van der Waals surface area contributed by atoms with E-state index in [2.05, 4.69) is 10.1 Å². The quantitative estimate of drug-likeness (QED) is 0.526. The van der Waals surface area contributed by atoms with E-state index < -0.39 is 0 Å². The van der Waals surface area contributed by atoms with Gasteiger partial charge in [0.15, 0.2) is 0 Å². The first-order valence-electron chi connectivity index (χ1n) is 8.60. The number of hydrogen-bond acceptors (Lipinski definition) is 6. The predicted molar refractivity (Wildman–Crippen MR) is 110 cm³/mol. The second kappa shape index (κ2) is 9.12. The minimum atomic E-state index is -0.254. The largest absolute Gasteiger partial charge is 0.497 e. The summed E-state index contributed by atoms with van der Waals surface area (Å²) in [7, 11) is 3.33. The third-order valence-electron chi connectivity index (χ3n) is 4.04. The summed E-state index contributed by atoms with van der Waals surface area (Å²) in [5.41, 5.74) is 0.816. The van der Waals surface area contributed by atoms with Gasteiger partial charge in [-0.15, -0.1) is 11.8 Å². The van der Waals surface area contributed by atoms with E-state index in [-0.39, 0.29) is 17.7 Å². The van der Waals surface area contributed by atoms with Crippen molar-refractivity contribution in [2.24, 2.45) is 0 Å². The van der Waals surface area contributed by atoms with Crippen LogP contribution in [0.25, 0.3) is 11.4 Å². The standard InChI is InChI=1S/C20H20ClN3O3S/c1-13(28-17-10-6-15(21)7-11-17)20(25)24(2)12-18-22-19(23-27-18)14-4-8-16(26-3)9-5-14/h4-11,13H,12H2,1-3H3/t13-/m1/s1. The van der Waals surface area contributed by atoms with Crippen molar-refractivity contribution >= 4 is 29.3 Å². The Morgan fingerprint density at radius 2 is 1.89 bits per heavy atom. The van der Waals surface area contributed by atoms with Crippen molar-refractivity contribution in [3.05, 3.63) is 59.4 Å². The Balaban J connectivity index is 1.60. The fourth-order valence-electron chi connectivity index (χ4n) is 2.54. The summed E-state index contributed by atoms with van der Waals surface area (Å²) in [6.45, 7) is 2.11. The Labute approximate surface area is 172 Å². The van der Waals surface area contributed by atoms with Crippen LogP contribution in [-0.2, 0) is 11.3 Å². The van der Waals surface area contributed by atoms with Crippen molar-refractivity contribution in [3.63, 3.8) is 0 Å². The summed E-state index contributed by atoms with van der Waals surface area (Å²) < 4.78 is 10.4. The second-order valence-corrected chi connectivity index (χ2v) is 8.00. The first-order valence-corrected chi connectivity index (χ1v) is 9.86. The molecule has 2 aromatic carbocycles. The SMILES string of the molecule is COc1ccc(-c2noc(CN(C)C(=O)[C@@H](C)Sc3ccc(Cl)cc3)n2)cc1. The molecule has 0 aliphatic heterocycles. The van der Waals surface area contributed by atoms with E-state index in [0.717, 1.165) is 16.2 Å². The van der Waals surface area contributed by atoms with Crippen LogP contribution in [-0.4, -0.2) is 40.4 Å². The molecule has 28 heavy (non-hydrogen) atoms. The van der Waals surface area contributed by atoms with Crippen LogP contribution in [0.2, 0.25) is 5.02 Å². The van der Waals surface area contributed by atoms with Crippen molar-refractivity contribution in [2.75, 3.05) is 14.2 Å². The van der Waals surface area contributed by atoms with Crippen molar-refractivity contribution in [3.8, 4) is 17.1 Å². The van der Waals surface area contributed by atoms with Gasteiger partial charge in [0.25, 0.3) is 0 Å². The summed E-state index contributed by atoms with van der Waals surface area (Å²) in [5, 5.41) is 4.41. The number of benzene rings is 2. The van der Waals surface area contributed by atoms with Crippen molar-refractivity contribution in [1.82, 2.24) is 15.0 Å². The average Bonchev–Trinajstić information content (AvgIpc) is 3.17. The Morgan fingerprint density at radius 1 is 1.21 bits per heavy atom. The highest BCUT2D eigenvalue weighted by Crippen LogP contribution is 2.26. The Bertz CT molecular complexity index is 929. The number of halogens is 1. The molecule has 0 bridgehead atoms. The lowest BCUT2D eigenvalue weighted by molar-refractivity contribution is -0.129. The van der Waals surface area contributed by atoms with Gasteiger partial charge in [0.2, 0.25) is 17.6 Å². The average molecular weight is 418 g/mol. The van der Waals surface area contributed by atoms with Crippen LogP contribution in [0.15, 0.2) is 57.9 Å². The van der Waals surface area contributed by atoms with Gasteiger partial charge in [-0.05, 0) is 55.5 Å². The molecule has 0 aliphatic carbocycles. The molecule has 3 aromatic rings. The third kappa shape index (κ3) is 5.05. The number of hydrogen-bond donors (Lipinski definition) is 0. The number of amides is 1. The number of aromatic nitrogens is 2. The molecule has 0 spiro atoms. The zero-order valence-corrected chi connectivity index (χ0v) is 17.3. The summed E-state index contributed by atoms with van der Waals surface area (Å²) in [4.78, 5) is 19.6. The van der Waals surface area contributed by atoms with Crippen LogP contribution < -0.4 is 4.74 Å². The summed E-state index contributed by atoms with van der Waals surface area (Å²) >= 11 is 7.38. The zero-order chi connectivity index (χ0) is 20.1. The fourth-order valence-corrected chi connectivity index (χ4v) is 3.64. The summed E-state index contributed by atoms with van der Waals surface area (Å²) in [6.07, 6.45) is 0. The molecule has 1 amide bonds. The van der Waals surface area contributed by atoms with Crippen LogP contribution in [0, 0.1) is 0 Å². The molecular formula is C20H20ClN3O3S. The smallest absolute Gasteiger partial charge is 0.246 e. The number of thioether (sulfide) groups is 1. The highest BCUT2D eigenvalue weighted by Gasteiger charge is 2.21. The van der Waals surface area contributed by atoms with E-state index in [9.17, 15) is 4.79 Å². The van der Waals surface area contributed by atoms with Gasteiger partial charge in [-0.3, -0.25) is 4.79 Å². The number of ether oxygens (including phenoxy) is 1. The Kier molecular flexibility index (Phi) is 6.59. The number of methoxy groups -OCH3 is 1. The van der Waals surface area contributed by atoms with Crippen molar-refractivity contribution in [2.45, 2.75) is 23.6 Å².